The molecule has 0 bridgehead atoms. The minimum absolute atomic E-state index is 0.107. The second-order valence-electron chi connectivity index (χ2n) is 4.37. The van der Waals surface area contributed by atoms with Crippen LogP contribution >= 0.6 is 0 Å². The van der Waals surface area contributed by atoms with Crippen LogP contribution in [0.25, 0.3) is 0 Å². The van der Waals surface area contributed by atoms with Gasteiger partial charge in [0.25, 0.3) is 0 Å². The first-order valence-corrected chi connectivity index (χ1v) is 5.62. The molecule has 1 aromatic carbocycles. The molecular formula is C13H18FN3. The second-order valence-corrected chi connectivity index (χ2v) is 4.37. The number of anilines is 1. The molecule has 0 saturated carbocycles. The van der Waals surface area contributed by atoms with E-state index in [9.17, 15) is 4.39 Å². The van der Waals surface area contributed by atoms with Crippen molar-refractivity contribution in [2.45, 2.75) is 19.9 Å². The maximum Gasteiger partial charge on any atom is 0.130 e. The normalized spacial score (nSPS) is 13.9. The minimum atomic E-state index is -0.369. The van der Waals surface area contributed by atoms with Crippen LogP contribution in [0.3, 0.4) is 0 Å². The summed E-state index contributed by atoms with van der Waals surface area (Å²) in [6, 6.07) is 6.68. The van der Waals surface area contributed by atoms with Gasteiger partial charge in [0, 0.05) is 30.9 Å². The van der Waals surface area contributed by atoms with E-state index >= 15 is 0 Å². The molecule has 0 heterocycles. The topological polar surface area (TPSA) is 53.0 Å². The quantitative estimate of drug-likeness (QED) is 0.872. The van der Waals surface area contributed by atoms with Gasteiger partial charge in [0.15, 0.2) is 0 Å². The largest absolute Gasteiger partial charge is 0.373 e. The Balaban J connectivity index is 3.05. The molecule has 0 aliphatic carbocycles. The molecule has 17 heavy (non-hydrogen) atoms. The lowest BCUT2D eigenvalue weighted by molar-refractivity contribution is 0.591. The van der Waals surface area contributed by atoms with Gasteiger partial charge in [-0.05, 0) is 26.0 Å². The molecule has 1 aromatic rings. The molecule has 92 valence electrons. The van der Waals surface area contributed by atoms with E-state index in [1.165, 1.54) is 6.07 Å². The lowest BCUT2D eigenvalue weighted by Crippen LogP contribution is -2.26. The average molecular weight is 235 g/mol. The first-order chi connectivity index (χ1) is 7.97. The Kier molecular flexibility index (Phi) is 4.47. The van der Waals surface area contributed by atoms with Crippen LogP contribution in [0.5, 0.6) is 0 Å². The summed E-state index contributed by atoms with van der Waals surface area (Å²) >= 11 is 0. The van der Waals surface area contributed by atoms with Crippen LogP contribution in [0.15, 0.2) is 18.2 Å². The zero-order valence-corrected chi connectivity index (χ0v) is 10.4. The van der Waals surface area contributed by atoms with Gasteiger partial charge in [0.1, 0.15) is 5.82 Å². The third kappa shape index (κ3) is 3.18. The van der Waals surface area contributed by atoms with E-state index in [1.54, 1.807) is 13.0 Å². The van der Waals surface area contributed by atoms with Crippen LogP contribution in [0.1, 0.15) is 25.5 Å². The number of nitriles is 1. The SMILES string of the molecule is CC(C#N)CN(C)c1cccc(F)c1C(C)N. The van der Waals surface area contributed by atoms with Crippen molar-refractivity contribution in [3.8, 4) is 6.07 Å². The Bertz CT molecular complexity index is 423. The van der Waals surface area contributed by atoms with Crippen LogP contribution in [0.4, 0.5) is 10.1 Å². The van der Waals surface area contributed by atoms with E-state index < -0.39 is 0 Å². The third-order valence-corrected chi connectivity index (χ3v) is 2.66. The van der Waals surface area contributed by atoms with Gasteiger partial charge in [0.05, 0.1) is 12.0 Å². The predicted molar refractivity (Wildman–Crippen MR) is 67.0 cm³/mol. The maximum absolute atomic E-state index is 13.7. The highest BCUT2D eigenvalue weighted by molar-refractivity contribution is 5.55. The van der Waals surface area contributed by atoms with E-state index in [4.69, 9.17) is 11.0 Å². The van der Waals surface area contributed by atoms with Gasteiger partial charge in [-0.1, -0.05) is 6.07 Å². The smallest absolute Gasteiger partial charge is 0.130 e. The minimum Gasteiger partial charge on any atom is -0.373 e. The highest BCUT2D eigenvalue weighted by Crippen LogP contribution is 2.27. The zero-order valence-electron chi connectivity index (χ0n) is 10.4. The van der Waals surface area contributed by atoms with Gasteiger partial charge in [-0.3, -0.25) is 0 Å². The molecule has 1 rings (SSSR count). The first kappa shape index (κ1) is 13.5. The molecule has 0 aromatic heterocycles. The molecule has 0 amide bonds. The van der Waals surface area contributed by atoms with Crippen molar-refractivity contribution in [1.29, 1.82) is 5.26 Å². The Morgan fingerprint density at radius 1 is 1.47 bits per heavy atom. The van der Waals surface area contributed by atoms with Crippen molar-refractivity contribution in [1.82, 2.24) is 0 Å². The van der Waals surface area contributed by atoms with Crippen LogP contribution in [-0.4, -0.2) is 13.6 Å². The molecule has 0 spiro atoms. The summed E-state index contributed by atoms with van der Waals surface area (Å²) < 4.78 is 13.7. The monoisotopic (exact) mass is 235 g/mol. The van der Waals surface area contributed by atoms with Crippen molar-refractivity contribution >= 4 is 5.69 Å². The zero-order chi connectivity index (χ0) is 13.0. The number of hydrogen-bond donors (Lipinski definition) is 1. The number of hydrogen-bond acceptors (Lipinski definition) is 3. The summed E-state index contributed by atoms with van der Waals surface area (Å²) in [5.41, 5.74) is 7.04. The Morgan fingerprint density at radius 2 is 2.12 bits per heavy atom. The molecule has 0 saturated heterocycles. The summed E-state index contributed by atoms with van der Waals surface area (Å²) in [4.78, 5) is 1.87. The molecule has 2 unspecified atom stereocenters. The van der Waals surface area contributed by atoms with Crippen LogP contribution < -0.4 is 10.6 Å². The fourth-order valence-electron chi connectivity index (χ4n) is 1.86. The van der Waals surface area contributed by atoms with Gasteiger partial charge in [-0.15, -0.1) is 0 Å². The Morgan fingerprint density at radius 3 is 2.65 bits per heavy atom. The molecule has 0 radical (unpaired) electrons. The molecule has 3 nitrogen and oxygen atoms in total. The van der Waals surface area contributed by atoms with Crippen LogP contribution in [-0.2, 0) is 0 Å². The molecule has 2 atom stereocenters. The van der Waals surface area contributed by atoms with Crippen LogP contribution in [0, 0.1) is 23.1 Å². The number of benzene rings is 1. The summed E-state index contributed by atoms with van der Waals surface area (Å²) in [6.07, 6.45) is 0. The molecule has 0 aliphatic heterocycles. The van der Waals surface area contributed by atoms with Gasteiger partial charge < -0.3 is 10.6 Å². The second kappa shape index (κ2) is 5.65. The molecular weight excluding hydrogens is 217 g/mol. The fraction of sp³-hybridized carbons (Fsp3) is 0.462. The summed E-state index contributed by atoms with van der Waals surface area (Å²) in [6.45, 7) is 4.14. The number of nitrogens with two attached hydrogens (primary N) is 1. The molecule has 4 heteroatoms. The van der Waals surface area contributed by atoms with Gasteiger partial charge >= 0.3 is 0 Å². The van der Waals surface area contributed by atoms with Crippen molar-refractivity contribution in [2.24, 2.45) is 11.7 Å². The number of rotatable bonds is 4. The van der Waals surface area contributed by atoms with E-state index in [1.807, 2.05) is 24.9 Å². The Hall–Kier alpha value is -1.60. The lowest BCUT2D eigenvalue weighted by atomic mass is 10.0. The summed E-state index contributed by atoms with van der Waals surface area (Å²) in [5.74, 6) is -0.404. The summed E-state index contributed by atoms with van der Waals surface area (Å²) in [5, 5.41) is 8.79. The highest BCUT2D eigenvalue weighted by Gasteiger charge is 2.16. The van der Waals surface area contributed by atoms with E-state index in [0.717, 1.165) is 5.69 Å². The van der Waals surface area contributed by atoms with Crippen LogP contribution in [0.2, 0.25) is 0 Å². The number of halogens is 1. The van der Waals surface area contributed by atoms with E-state index in [2.05, 4.69) is 6.07 Å². The van der Waals surface area contributed by atoms with Gasteiger partial charge in [-0.2, -0.15) is 5.26 Å². The van der Waals surface area contributed by atoms with Crippen molar-refractivity contribution in [2.75, 3.05) is 18.5 Å². The average Bonchev–Trinajstić information content (AvgIpc) is 2.27. The fourth-order valence-corrected chi connectivity index (χ4v) is 1.86. The van der Waals surface area contributed by atoms with Crippen molar-refractivity contribution in [3.63, 3.8) is 0 Å². The first-order valence-electron chi connectivity index (χ1n) is 5.62. The van der Waals surface area contributed by atoms with Gasteiger partial charge in [-0.25, -0.2) is 4.39 Å². The third-order valence-electron chi connectivity index (χ3n) is 2.66. The van der Waals surface area contributed by atoms with E-state index in [0.29, 0.717) is 12.1 Å². The predicted octanol–water partition coefficient (Wildman–Crippen LogP) is 2.44. The lowest BCUT2D eigenvalue weighted by Gasteiger charge is -2.25. The molecule has 0 aliphatic rings. The maximum atomic E-state index is 13.7. The van der Waals surface area contributed by atoms with E-state index in [-0.39, 0.29) is 17.8 Å². The molecule has 2 N–H and O–H groups in total. The Labute approximate surface area is 102 Å². The van der Waals surface area contributed by atoms with Crippen molar-refractivity contribution < 1.29 is 4.39 Å². The standard InChI is InChI=1S/C13H18FN3/c1-9(7-15)8-17(3)12-6-4-5-11(14)13(12)10(2)16/h4-6,9-10H,8,16H2,1-3H3. The summed E-state index contributed by atoms with van der Waals surface area (Å²) in [7, 11) is 1.84. The van der Waals surface area contributed by atoms with Gasteiger partial charge in [0.2, 0.25) is 0 Å². The highest BCUT2D eigenvalue weighted by atomic mass is 19.1. The number of nitrogens with zero attached hydrogens (tertiary/aromatic N) is 2. The molecule has 0 fully saturated rings. The van der Waals surface area contributed by atoms with Crippen molar-refractivity contribution in [3.05, 3.63) is 29.6 Å².